The number of carbonyl (C=O) groups excluding carboxylic acids is 1. The van der Waals surface area contributed by atoms with Crippen molar-refractivity contribution in [2.75, 3.05) is 37.4 Å². The first-order chi connectivity index (χ1) is 26.0. The molecule has 0 radical (unpaired) electrons. The van der Waals surface area contributed by atoms with Crippen molar-refractivity contribution in [2.24, 2.45) is 4.99 Å². The second-order valence-corrected chi connectivity index (χ2v) is 17.3. The van der Waals surface area contributed by atoms with Crippen LogP contribution in [0.2, 0.25) is 10.0 Å². The summed E-state index contributed by atoms with van der Waals surface area (Å²) in [6.45, 7) is 12.0. The summed E-state index contributed by atoms with van der Waals surface area (Å²) in [5, 5.41) is 14.8. The number of benzene rings is 3. The highest BCUT2D eigenvalue weighted by molar-refractivity contribution is 7.89. The van der Waals surface area contributed by atoms with Gasteiger partial charge in [0.1, 0.15) is 10.6 Å². The summed E-state index contributed by atoms with van der Waals surface area (Å²) in [5.74, 6) is -0.693. The summed E-state index contributed by atoms with van der Waals surface area (Å²) in [5.41, 5.74) is 3.83. The predicted molar refractivity (Wildman–Crippen MR) is 230 cm³/mol. The van der Waals surface area contributed by atoms with E-state index in [1.807, 2.05) is 38.1 Å². The van der Waals surface area contributed by atoms with Crippen molar-refractivity contribution in [1.29, 1.82) is 0 Å². The molecule has 0 atom stereocenters. The maximum Gasteiger partial charge on any atom is 0.275 e. The Morgan fingerprint density at radius 1 is 0.782 bits per heavy atom. The topological polar surface area (TPSA) is 125 Å². The maximum absolute atomic E-state index is 14.3. The van der Waals surface area contributed by atoms with Crippen LogP contribution in [0.5, 0.6) is 0 Å². The first-order valence-corrected chi connectivity index (χ1v) is 21.7. The number of aliphatic imine (C=N–C) groups is 1. The minimum absolute atomic E-state index is 0.0235. The van der Waals surface area contributed by atoms with Gasteiger partial charge >= 0.3 is 0 Å². The van der Waals surface area contributed by atoms with E-state index < -0.39 is 20.9 Å². The molecule has 55 heavy (non-hydrogen) atoms. The zero-order valence-corrected chi connectivity index (χ0v) is 36.2. The minimum Gasteiger partial charge on any atom is -0.378 e. The smallest absolute Gasteiger partial charge is 0.275 e. The summed E-state index contributed by atoms with van der Waals surface area (Å²) in [6, 6.07) is 9.89. The highest BCUT2D eigenvalue weighted by Crippen LogP contribution is 2.36. The fourth-order valence-electron chi connectivity index (χ4n) is 6.84. The van der Waals surface area contributed by atoms with Crippen LogP contribution in [-0.4, -0.2) is 56.5 Å². The molecule has 0 saturated carbocycles. The highest BCUT2D eigenvalue weighted by Gasteiger charge is 2.30. The van der Waals surface area contributed by atoms with Crippen molar-refractivity contribution in [3.8, 4) is 0 Å². The van der Waals surface area contributed by atoms with Crippen LogP contribution in [0.15, 0.2) is 46.3 Å². The molecule has 0 saturated heterocycles. The van der Waals surface area contributed by atoms with E-state index in [-0.39, 0.29) is 32.0 Å². The van der Waals surface area contributed by atoms with Gasteiger partial charge in [0.2, 0.25) is 10.0 Å². The van der Waals surface area contributed by atoms with Gasteiger partial charge in [0, 0.05) is 49.6 Å². The number of unbranched alkanes of at least 4 members (excludes halogenated alkanes) is 10. The first-order valence-electron chi connectivity index (χ1n) is 19.5. The second-order valence-electron chi connectivity index (χ2n) is 14.6. The Balaban J connectivity index is 2.03. The summed E-state index contributed by atoms with van der Waals surface area (Å²) >= 11 is 13.5. The van der Waals surface area contributed by atoms with E-state index in [9.17, 15) is 23.3 Å². The molecule has 0 fully saturated rings. The number of anilines is 2. The number of sulfonamides is 1. The maximum atomic E-state index is 14.3. The van der Waals surface area contributed by atoms with Gasteiger partial charge in [0.15, 0.2) is 0 Å². The van der Waals surface area contributed by atoms with E-state index in [0.717, 1.165) is 88.3 Å². The van der Waals surface area contributed by atoms with Crippen LogP contribution in [0.4, 0.5) is 22.7 Å². The first kappa shape index (κ1) is 45.9. The molecule has 3 aromatic rings. The van der Waals surface area contributed by atoms with Crippen molar-refractivity contribution < 1.29 is 18.1 Å². The number of nitro groups is 1. The van der Waals surface area contributed by atoms with Gasteiger partial charge in [-0.25, -0.2) is 13.4 Å². The molecule has 0 aliphatic heterocycles. The van der Waals surface area contributed by atoms with Gasteiger partial charge in [-0.05, 0) is 88.1 Å². The van der Waals surface area contributed by atoms with Gasteiger partial charge < -0.3 is 10.2 Å². The SMILES string of the molecule is CCCCCCCCN(CCCCCCCC)S(=O)(=O)c1cc(Cl)c(NC(=O)C(=Nc2ccc(N(C)C)cc2C)c2c(C)cc(C)c([N+](=O)[O-])c2C)cc1Cl. The number of nitrogens with zero attached hydrogens (tertiary/aromatic N) is 4. The molecule has 0 heterocycles. The number of rotatable bonds is 22. The van der Waals surface area contributed by atoms with Crippen molar-refractivity contribution >= 4 is 67.6 Å². The average Bonchev–Trinajstić information content (AvgIpc) is 3.11. The molecular weight excluding hydrogens is 757 g/mol. The standard InChI is InChI=1S/C42H59Cl2N5O5S/c1-9-11-13-15-17-19-23-48(24-20-18-16-14-12-10-2)55(53,54)38-28-34(43)37(27-35(38)44)46-42(50)40(45-36-22-21-33(47(7)8)26-29(36)3)39-30(4)25-31(5)41(32(39)6)49(51)52/h21-22,25-28H,9-20,23-24H2,1-8H3,(H,46,50). The normalized spacial score (nSPS) is 12.0. The lowest BCUT2D eigenvalue weighted by molar-refractivity contribution is -0.386. The molecular formula is C42H59Cl2N5O5S. The quantitative estimate of drug-likeness (QED) is 0.0466. The lowest BCUT2D eigenvalue weighted by Crippen LogP contribution is -2.33. The number of amides is 1. The van der Waals surface area contributed by atoms with Gasteiger partial charge in [-0.2, -0.15) is 4.31 Å². The molecule has 13 heteroatoms. The number of nitrogens with one attached hydrogen (secondary N) is 1. The summed E-state index contributed by atoms with van der Waals surface area (Å²) in [6.07, 6.45) is 12.3. The van der Waals surface area contributed by atoms with Crippen LogP contribution in [0.25, 0.3) is 0 Å². The fourth-order valence-corrected chi connectivity index (χ4v) is 9.16. The monoisotopic (exact) mass is 815 g/mol. The van der Waals surface area contributed by atoms with Crippen molar-refractivity contribution in [3.63, 3.8) is 0 Å². The molecule has 0 aliphatic rings. The minimum atomic E-state index is -4.02. The Bertz CT molecular complexity index is 1930. The van der Waals surface area contributed by atoms with E-state index in [4.69, 9.17) is 28.2 Å². The van der Waals surface area contributed by atoms with E-state index in [1.165, 1.54) is 16.4 Å². The summed E-state index contributed by atoms with van der Waals surface area (Å²) < 4.78 is 29.9. The van der Waals surface area contributed by atoms with Crippen LogP contribution in [-0.2, 0) is 14.8 Å². The van der Waals surface area contributed by atoms with Gasteiger partial charge in [-0.15, -0.1) is 0 Å². The number of hydrogen-bond donors (Lipinski definition) is 1. The van der Waals surface area contributed by atoms with E-state index in [2.05, 4.69) is 19.2 Å². The number of hydrogen-bond acceptors (Lipinski definition) is 7. The van der Waals surface area contributed by atoms with Crippen LogP contribution in [0, 0.1) is 37.8 Å². The average molecular weight is 817 g/mol. The van der Waals surface area contributed by atoms with Gasteiger partial charge in [0.25, 0.3) is 11.6 Å². The van der Waals surface area contributed by atoms with Gasteiger partial charge in [-0.3, -0.25) is 14.9 Å². The summed E-state index contributed by atoms with van der Waals surface area (Å²) in [7, 11) is -0.185. The van der Waals surface area contributed by atoms with Crippen LogP contribution in [0.1, 0.15) is 119 Å². The zero-order chi connectivity index (χ0) is 40.9. The van der Waals surface area contributed by atoms with E-state index in [0.29, 0.717) is 41.0 Å². The lowest BCUT2D eigenvalue weighted by Gasteiger charge is -2.23. The molecule has 10 nitrogen and oxygen atoms in total. The van der Waals surface area contributed by atoms with Crippen LogP contribution in [0.3, 0.4) is 0 Å². The highest BCUT2D eigenvalue weighted by atomic mass is 35.5. The molecule has 0 unspecified atom stereocenters. The number of halogens is 2. The molecule has 0 aromatic heterocycles. The van der Waals surface area contributed by atoms with E-state index >= 15 is 0 Å². The van der Waals surface area contributed by atoms with Gasteiger partial charge in [0.05, 0.1) is 26.3 Å². The second kappa shape index (κ2) is 21.7. The van der Waals surface area contributed by atoms with Gasteiger partial charge in [-0.1, -0.05) is 101 Å². The number of aryl methyl sites for hydroxylation is 3. The third kappa shape index (κ3) is 12.5. The Kier molecular flexibility index (Phi) is 18.1. The van der Waals surface area contributed by atoms with Crippen LogP contribution >= 0.6 is 23.2 Å². The molecule has 1 N–H and O–H groups in total. The van der Waals surface area contributed by atoms with Crippen molar-refractivity contribution in [1.82, 2.24) is 4.31 Å². The summed E-state index contributed by atoms with van der Waals surface area (Å²) in [4.78, 5) is 32.6. The number of carbonyl (C=O) groups is 1. The Morgan fingerprint density at radius 3 is 1.87 bits per heavy atom. The largest absolute Gasteiger partial charge is 0.378 e. The fraction of sp³-hybridized carbons (Fsp3) is 0.524. The lowest BCUT2D eigenvalue weighted by atomic mass is 9.93. The van der Waals surface area contributed by atoms with E-state index in [1.54, 1.807) is 32.9 Å². The third-order valence-electron chi connectivity index (χ3n) is 9.90. The zero-order valence-electron chi connectivity index (χ0n) is 33.9. The van der Waals surface area contributed by atoms with Crippen molar-refractivity contribution in [3.05, 3.63) is 84.4 Å². The molecule has 3 aromatic carbocycles. The van der Waals surface area contributed by atoms with Crippen molar-refractivity contribution in [2.45, 2.75) is 123 Å². The Labute approximate surface area is 338 Å². The molecule has 3 rings (SSSR count). The third-order valence-corrected chi connectivity index (χ3v) is 12.6. The molecule has 302 valence electrons. The number of nitro benzene ring substituents is 1. The molecule has 0 bridgehead atoms. The molecule has 0 spiro atoms. The van der Waals surface area contributed by atoms with Crippen LogP contribution < -0.4 is 10.2 Å². The molecule has 0 aliphatic carbocycles. The Hall–Kier alpha value is -3.51. The molecule has 1 amide bonds. The Morgan fingerprint density at radius 2 is 1.35 bits per heavy atom. The predicted octanol–water partition coefficient (Wildman–Crippen LogP) is 11.7.